The zero-order chi connectivity index (χ0) is 14.6. The van der Waals surface area contributed by atoms with Gasteiger partial charge in [0.2, 0.25) is 10.0 Å². The first-order chi connectivity index (χ1) is 9.47. The fourth-order valence-corrected chi connectivity index (χ4v) is 3.43. The lowest BCUT2D eigenvalue weighted by Gasteiger charge is -2.33. The quantitative estimate of drug-likeness (QED) is 0.777. The molecule has 1 unspecified atom stereocenters. The summed E-state index contributed by atoms with van der Waals surface area (Å²) >= 11 is 0. The van der Waals surface area contributed by atoms with E-state index in [-0.39, 0.29) is 6.03 Å². The molecule has 2 rings (SSSR count). The van der Waals surface area contributed by atoms with Gasteiger partial charge >= 0.3 is 6.03 Å². The number of carbonyl (C=O) groups is 1. The SMILES string of the molecule is CS(=O)(=O)N1CCN(C(=O)NCC2CC=CCC2)CC1. The molecule has 1 N–H and O–H groups in total. The van der Waals surface area contributed by atoms with Crippen LogP contribution in [0.25, 0.3) is 0 Å². The van der Waals surface area contributed by atoms with Crippen molar-refractivity contribution in [2.75, 3.05) is 39.0 Å². The molecule has 0 aromatic heterocycles. The number of amides is 2. The molecule has 1 saturated heterocycles. The summed E-state index contributed by atoms with van der Waals surface area (Å²) in [5.74, 6) is 0.529. The van der Waals surface area contributed by atoms with Gasteiger partial charge < -0.3 is 10.2 Å². The lowest BCUT2D eigenvalue weighted by atomic mass is 9.94. The van der Waals surface area contributed by atoms with Crippen molar-refractivity contribution in [1.29, 1.82) is 0 Å². The molecule has 1 aliphatic heterocycles. The van der Waals surface area contributed by atoms with E-state index < -0.39 is 10.0 Å². The number of sulfonamides is 1. The van der Waals surface area contributed by atoms with Gasteiger partial charge in [-0.25, -0.2) is 13.2 Å². The van der Waals surface area contributed by atoms with Gasteiger partial charge in [0.05, 0.1) is 6.26 Å². The molecule has 0 aromatic rings. The van der Waals surface area contributed by atoms with Crippen LogP contribution in [0.2, 0.25) is 0 Å². The highest BCUT2D eigenvalue weighted by molar-refractivity contribution is 7.88. The lowest BCUT2D eigenvalue weighted by molar-refractivity contribution is 0.171. The van der Waals surface area contributed by atoms with Gasteiger partial charge in [0, 0.05) is 32.7 Å². The van der Waals surface area contributed by atoms with Gasteiger partial charge in [-0.1, -0.05) is 12.2 Å². The standard InChI is InChI=1S/C13H23N3O3S/c1-20(18,19)16-9-7-15(8-10-16)13(17)14-11-12-5-3-2-4-6-12/h2-3,12H,4-11H2,1H3,(H,14,17). The zero-order valence-electron chi connectivity index (χ0n) is 11.9. The Bertz CT molecular complexity index is 467. The van der Waals surface area contributed by atoms with Crippen LogP contribution in [0.15, 0.2) is 12.2 Å². The molecule has 2 amide bonds. The molecule has 20 heavy (non-hydrogen) atoms. The van der Waals surface area contributed by atoms with Crippen LogP contribution in [-0.2, 0) is 10.0 Å². The van der Waals surface area contributed by atoms with E-state index in [1.165, 1.54) is 10.6 Å². The molecule has 1 fully saturated rings. The summed E-state index contributed by atoms with van der Waals surface area (Å²) in [7, 11) is -3.14. The van der Waals surface area contributed by atoms with Crippen LogP contribution < -0.4 is 5.32 Å². The maximum Gasteiger partial charge on any atom is 0.317 e. The summed E-state index contributed by atoms with van der Waals surface area (Å²) in [6, 6.07) is -0.0762. The smallest absolute Gasteiger partial charge is 0.317 e. The summed E-state index contributed by atoms with van der Waals surface area (Å²) in [4.78, 5) is 13.7. The maximum atomic E-state index is 12.0. The minimum Gasteiger partial charge on any atom is -0.338 e. The third-order valence-electron chi connectivity index (χ3n) is 3.91. The Morgan fingerprint density at radius 1 is 1.25 bits per heavy atom. The zero-order valence-corrected chi connectivity index (χ0v) is 12.7. The second-order valence-electron chi connectivity index (χ2n) is 5.49. The van der Waals surface area contributed by atoms with Crippen molar-refractivity contribution in [3.05, 3.63) is 12.2 Å². The van der Waals surface area contributed by atoms with Gasteiger partial charge in [-0.2, -0.15) is 4.31 Å². The van der Waals surface area contributed by atoms with Crippen LogP contribution in [0, 0.1) is 5.92 Å². The number of piperazine rings is 1. The highest BCUT2D eigenvalue weighted by Crippen LogP contribution is 2.17. The molecular weight excluding hydrogens is 278 g/mol. The van der Waals surface area contributed by atoms with E-state index in [2.05, 4.69) is 17.5 Å². The van der Waals surface area contributed by atoms with Crippen LogP contribution in [0.1, 0.15) is 19.3 Å². The van der Waals surface area contributed by atoms with Crippen molar-refractivity contribution in [3.63, 3.8) is 0 Å². The number of nitrogens with zero attached hydrogens (tertiary/aromatic N) is 2. The molecule has 0 radical (unpaired) electrons. The molecule has 6 nitrogen and oxygen atoms in total. The molecule has 2 aliphatic rings. The van der Waals surface area contributed by atoms with Crippen LogP contribution in [-0.4, -0.2) is 62.6 Å². The van der Waals surface area contributed by atoms with E-state index in [1.54, 1.807) is 4.90 Å². The van der Waals surface area contributed by atoms with E-state index in [0.29, 0.717) is 38.6 Å². The van der Waals surface area contributed by atoms with Crippen molar-refractivity contribution in [1.82, 2.24) is 14.5 Å². The summed E-state index contributed by atoms with van der Waals surface area (Å²) in [5.41, 5.74) is 0. The number of nitrogens with one attached hydrogen (secondary N) is 1. The van der Waals surface area contributed by atoms with E-state index in [0.717, 1.165) is 19.3 Å². The first kappa shape index (κ1) is 15.3. The molecule has 0 bridgehead atoms. The topological polar surface area (TPSA) is 69.7 Å². The van der Waals surface area contributed by atoms with Crippen LogP contribution in [0.4, 0.5) is 4.79 Å². The average molecular weight is 301 g/mol. The number of carbonyl (C=O) groups excluding carboxylic acids is 1. The molecule has 7 heteroatoms. The van der Waals surface area contributed by atoms with Gasteiger partial charge in [0.15, 0.2) is 0 Å². The molecule has 1 heterocycles. The first-order valence-electron chi connectivity index (χ1n) is 7.09. The highest BCUT2D eigenvalue weighted by Gasteiger charge is 2.26. The minimum atomic E-state index is -3.14. The Kier molecular flexibility index (Phi) is 5.04. The Morgan fingerprint density at radius 2 is 1.95 bits per heavy atom. The van der Waals surface area contributed by atoms with E-state index >= 15 is 0 Å². The molecule has 0 aromatic carbocycles. The normalized spacial score (nSPS) is 24.6. The Morgan fingerprint density at radius 3 is 2.50 bits per heavy atom. The maximum absolute atomic E-state index is 12.0. The van der Waals surface area contributed by atoms with Gasteiger partial charge in [-0.15, -0.1) is 0 Å². The van der Waals surface area contributed by atoms with Crippen LogP contribution in [0.5, 0.6) is 0 Å². The summed E-state index contributed by atoms with van der Waals surface area (Å²) in [6.45, 7) is 2.40. The van der Waals surface area contributed by atoms with Crippen molar-refractivity contribution in [2.24, 2.45) is 5.92 Å². The fourth-order valence-electron chi connectivity index (χ4n) is 2.61. The second kappa shape index (κ2) is 6.58. The van der Waals surface area contributed by atoms with Gasteiger partial charge in [0.25, 0.3) is 0 Å². The first-order valence-corrected chi connectivity index (χ1v) is 8.94. The Balaban J connectivity index is 1.73. The number of hydrogen-bond acceptors (Lipinski definition) is 3. The number of urea groups is 1. The molecule has 1 atom stereocenters. The van der Waals surface area contributed by atoms with Gasteiger partial charge in [-0.3, -0.25) is 0 Å². The monoisotopic (exact) mass is 301 g/mol. The second-order valence-corrected chi connectivity index (χ2v) is 7.47. The highest BCUT2D eigenvalue weighted by atomic mass is 32.2. The van der Waals surface area contributed by atoms with Crippen LogP contribution >= 0.6 is 0 Å². The predicted molar refractivity (Wildman–Crippen MR) is 77.9 cm³/mol. The van der Waals surface area contributed by atoms with E-state index in [4.69, 9.17) is 0 Å². The number of allylic oxidation sites excluding steroid dienone is 2. The predicted octanol–water partition coefficient (Wildman–Crippen LogP) is 0.630. The summed E-state index contributed by atoms with van der Waals surface area (Å²) in [5, 5.41) is 2.96. The van der Waals surface area contributed by atoms with E-state index in [9.17, 15) is 13.2 Å². The minimum absolute atomic E-state index is 0.0762. The third-order valence-corrected chi connectivity index (χ3v) is 5.22. The number of rotatable bonds is 3. The average Bonchev–Trinajstić information content (AvgIpc) is 2.45. The van der Waals surface area contributed by atoms with Crippen molar-refractivity contribution < 1.29 is 13.2 Å². The van der Waals surface area contributed by atoms with Crippen molar-refractivity contribution in [2.45, 2.75) is 19.3 Å². The summed E-state index contributed by atoms with van der Waals surface area (Å²) in [6.07, 6.45) is 8.81. The Labute approximate surface area is 120 Å². The fraction of sp³-hybridized carbons (Fsp3) is 0.769. The summed E-state index contributed by atoms with van der Waals surface area (Å²) < 4.78 is 24.2. The number of hydrogen-bond donors (Lipinski definition) is 1. The lowest BCUT2D eigenvalue weighted by Crippen LogP contribution is -2.53. The largest absolute Gasteiger partial charge is 0.338 e. The van der Waals surface area contributed by atoms with Gasteiger partial charge in [-0.05, 0) is 25.2 Å². The molecule has 0 saturated carbocycles. The molecular formula is C13H23N3O3S. The van der Waals surface area contributed by atoms with Crippen molar-refractivity contribution in [3.8, 4) is 0 Å². The van der Waals surface area contributed by atoms with Gasteiger partial charge in [0.1, 0.15) is 0 Å². The molecule has 114 valence electrons. The van der Waals surface area contributed by atoms with Crippen molar-refractivity contribution >= 4 is 16.1 Å². The molecule has 1 aliphatic carbocycles. The van der Waals surface area contributed by atoms with E-state index in [1.807, 2.05) is 0 Å². The molecule has 0 spiro atoms. The van der Waals surface area contributed by atoms with Crippen LogP contribution in [0.3, 0.4) is 0 Å². The third kappa shape index (κ3) is 4.21. The Hall–Kier alpha value is -1.08.